The summed E-state index contributed by atoms with van der Waals surface area (Å²) in [5.74, 6) is 1.59. The molecule has 0 saturated carbocycles. The van der Waals surface area contributed by atoms with Crippen LogP contribution in [-0.4, -0.2) is 40.6 Å². The van der Waals surface area contributed by atoms with Gasteiger partial charge in [-0.25, -0.2) is 0 Å². The van der Waals surface area contributed by atoms with Gasteiger partial charge >= 0.3 is 5.97 Å². The van der Waals surface area contributed by atoms with E-state index in [0.717, 1.165) is 5.69 Å². The van der Waals surface area contributed by atoms with Gasteiger partial charge in [-0.15, -0.1) is 6.42 Å². The second kappa shape index (κ2) is 6.59. The van der Waals surface area contributed by atoms with Crippen LogP contribution < -0.4 is 0 Å². The number of aromatic nitrogens is 1. The maximum atomic E-state index is 10.6. The van der Waals surface area contributed by atoms with E-state index in [2.05, 4.69) is 10.9 Å². The SMILES string of the molecule is C#CCN(CCc1ccccn1)CC(=O)O. The summed E-state index contributed by atoms with van der Waals surface area (Å²) < 4.78 is 0. The van der Waals surface area contributed by atoms with Crippen molar-refractivity contribution in [3.63, 3.8) is 0 Å². The van der Waals surface area contributed by atoms with Crippen LogP contribution in [0.5, 0.6) is 0 Å². The average molecular weight is 218 g/mol. The molecule has 1 aromatic rings. The average Bonchev–Trinajstić information content (AvgIpc) is 2.27. The molecule has 0 aromatic carbocycles. The lowest BCUT2D eigenvalue weighted by Gasteiger charge is -2.16. The zero-order valence-corrected chi connectivity index (χ0v) is 8.97. The minimum absolute atomic E-state index is 0.0307. The molecule has 0 unspecified atom stereocenters. The summed E-state index contributed by atoms with van der Waals surface area (Å²) >= 11 is 0. The van der Waals surface area contributed by atoms with Crippen LogP contribution in [0.2, 0.25) is 0 Å². The van der Waals surface area contributed by atoms with Crippen LogP contribution >= 0.6 is 0 Å². The van der Waals surface area contributed by atoms with Crippen molar-refractivity contribution in [1.29, 1.82) is 0 Å². The number of hydrogen-bond donors (Lipinski definition) is 1. The third-order valence-corrected chi connectivity index (χ3v) is 2.08. The first-order valence-corrected chi connectivity index (χ1v) is 5.00. The first kappa shape index (κ1) is 12.2. The number of carboxylic acids is 1. The van der Waals surface area contributed by atoms with E-state index in [1.165, 1.54) is 0 Å². The molecule has 4 heteroatoms. The molecular formula is C12H14N2O2. The third-order valence-electron chi connectivity index (χ3n) is 2.08. The normalized spacial score (nSPS) is 10.0. The predicted molar refractivity (Wildman–Crippen MR) is 60.8 cm³/mol. The number of terminal acetylenes is 1. The van der Waals surface area contributed by atoms with Crippen molar-refractivity contribution < 1.29 is 9.90 Å². The van der Waals surface area contributed by atoms with E-state index in [-0.39, 0.29) is 6.54 Å². The number of aliphatic carboxylic acids is 1. The fourth-order valence-corrected chi connectivity index (χ4v) is 1.35. The van der Waals surface area contributed by atoms with E-state index in [4.69, 9.17) is 11.5 Å². The topological polar surface area (TPSA) is 53.4 Å². The first-order valence-electron chi connectivity index (χ1n) is 5.00. The Balaban J connectivity index is 2.44. The lowest BCUT2D eigenvalue weighted by molar-refractivity contribution is -0.138. The molecule has 16 heavy (non-hydrogen) atoms. The molecule has 1 heterocycles. The summed E-state index contributed by atoms with van der Waals surface area (Å²) in [4.78, 5) is 16.4. The summed E-state index contributed by atoms with van der Waals surface area (Å²) in [5, 5.41) is 8.68. The van der Waals surface area contributed by atoms with Gasteiger partial charge in [0.15, 0.2) is 0 Å². The van der Waals surface area contributed by atoms with E-state index >= 15 is 0 Å². The molecule has 1 N–H and O–H groups in total. The molecular weight excluding hydrogens is 204 g/mol. The van der Waals surface area contributed by atoms with Crippen molar-refractivity contribution in [1.82, 2.24) is 9.88 Å². The maximum absolute atomic E-state index is 10.6. The minimum Gasteiger partial charge on any atom is -0.480 e. The molecule has 0 aliphatic rings. The first-order chi connectivity index (χ1) is 7.72. The number of hydrogen-bond acceptors (Lipinski definition) is 3. The number of nitrogens with zero attached hydrogens (tertiary/aromatic N) is 2. The quantitative estimate of drug-likeness (QED) is 0.712. The van der Waals surface area contributed by atoms with Crippen LogP contribution in [0.1, 0.15) is 5.69 Å². The molecule has 0 aliphatic carbocycles. The smallest absolute Gasteiger partial charge is 0.317 e. The minimum atomic E-state index is -0.865. The number of rotatable bonds is 6. The third kappa shape index (κ3) is 4.58. The lowest BCUT2D eigenvalue weighted by Crippen LogP contribution is -2.32. The predicted octanol–water partition coefficient (Wildman–Crippen LogP) is 0.644. The molecule has 1 aromatic heterocycles. The zero-order chi connectivity index (χ0) is 11.8. The molecule has 1 rings (SSSR count). The molecule has 0 saturated heterocycles. The van der Waals surface area contributed by atoms with E-state index in [1.54, 1.807) is 11.1 Å². The molecule has 0 fully saturated rings. The van der Waals surface area contributed by atoms with Crippen LogP contribution in [0.3, 0.4) is 0 Å². The Labute approximate surface area is 94.9 Å². The summed E-state index contributed by atoms with van der Waals surface area (Å²) in [7, 11) is 0. The molecule has 4 nitrogen and oxygen atoms in total. The second-order valence-electron chi connectivity index (χ2n) is 3.38. The Bertz CT molecular complexity index is 370. The largest absolute Gasteiger partial charge is 0.480 e. The number of carboxylic acid groups (broad SMARTS) is 1. The van der Waals surface area contributed by atoms with E-state index in [9.17, 15) is 4.79 Å². The van der Waals surface area contributed by atoms with Gasteiger partial charge in [-0.1, -0.05) is 12.0 Å². The molecule has 0 atom stereocenters. The fourth-order valence-electron chi connectivity index (χ4n) is 1.35. The van der Waals surface area contributed by atoms with Crippen molar-refractivity contribution >= 4 is 5.97 Å². The van der Waals surface area contributed by atoms with Gasteiger partial charge in [0.05, 0.1) is 13.1 Å². The Morgan fingerprint density at radius 1 is 1.56 bits per heavy atom. The highest BCUT2D eigenvalue weighted by atomic mass is 16.4. The van der Waals surface area contributed by atoms with Gasteiger partial charge in [0, 0.05) is 24.9 Å². The summed E-state index contributed by atoms with van der Waals surface area (Å²) in [5.41, 5.74) is 0.940. The Kier molecular flexibility index (Phi) is 5.03. The molecule has 0 aliphatic heterocycles. The van der Waals surface area contributed by atoms with E-state index in [0.29, 0.717) is 19.5 Å². The van der Waals surface area contributed by atoms with Gasteiger partial charge in [0.25, 0.3) is 0 Å². The van der Waals surface area contributed by atoms with Gasteiger partial charge in [0.1, 0.15) is 0 Å². The second-order valence-corrected chi connectivity index (χ2v) is 3.38. The maximum Gasteiger partial charge on any atom is 0.317 e. The monoisotopic (exact) mass is 218 g/mol. The zero-order valence-electron chi connectivity index (χ0n) is 8.97. The van der Waals surface area contributed by atoms with Gasteiger partial charge in [0.2, 0.25) is 0 Å². The molecule has 0 radical (unpaired) electrons. The fraction of sp³-hybridized carbons (Fsp3) is 0.333. The Morgan fingerprint density at radius 2 is 2.38 bits per heavy atom. The van der Waals surface area contributed by atoms with Crippen LogP contribution in [0.25, 0.3) is 0 Å². The van der Waals surface area contributed by atoms with Gasteiger partial charge in [-0.3, -0.25) is 14.7 Å². The molecule has 0 amide bonds. The Morgan fingerprint density at radius 3 is 2.94 bits per heavy atom. The summed E-state index contributed by atoms with van der Waals surface area (Å²) in [6, 6.07) is 5.67. The van der Waals surface area contributed by atoms with Gasteiger partial charge in [-0.05, 0) is 12.1 Å². The summed E-state index contributed by atoms with van der Waals surface area (Å²) in [6.07, 6.45) is 7.60. The lowest BCUT2D eigenvalue weighted by atomic mass is 10.2. The standard InChI is InChI=1S/C12H14N2O2/c1-2-8-14(10-12(15)16)9-6-11-5-3-4-7-13-11/h1,3-5,7H,6,8-10H2,(H,15,16). The molecule has 84 valence electrons. The summed E-state index contributed by atoms with van der Waals surface area (Å²) in [6.45, 7) is 0.920. The highest BCUT2D eigenvalue weighted by Gasteiger charge is 2.08. The number of carbonyl (C=O) groups is 1. The molecule has 0 spiro atoms. The molecule has 0 bridgehead atoms. The van der Waals surface area contributed by atoms with E-state index < -0.39 is 5.97 Å². The van der Waals surface area contributed by atoms with Crippen LogP contribution in [0.15, 0.2) is 24.4 Å². The van der Waals surface area contributed by atoms with Crippen LogP contribution in [0.4, 0.5) is 0 Å². The van der Waals surface area contributed by atoms with Crippen molar-refractivity contribution in [2.75, 3.05) is 19.6 Å². The van der Waals surface area contributed by atoms with Crippen LogP contribution in [-0.2, 0) is 11.2 Å². The Hall–Kier alpha value is -1.86. The van der Waals surface area contributed by atoms with Crippen molar-refractivity contribution in [3.8, 4) is 12.3 Å². The van der Waals surface area contributed by atoms with Crippen molar-refractivity contribution in [3.05, 3.63) is 30.1 Å². The van der Waals surface area contributed by atoms with Crippen LogP contribution in [0, 0.1) is 12.3 Å². The number of pyridine rings is 1. The highest BCUT2D eigenvalue weighted by Crippen LogP contribution is 1.97. The van der Waals surface area contributed by atoms with Gasteiger partial charge < -0.3 is 5.11 Å². The van der Waals surface area contributed by atoms with Crippen molar-refractivity contribution in [2.45, 2.75) is 6.42 Å². The van der Waals surface area contributed by atoms with Gasteiger partial charge in [-0.2, -0.15) is 0 Å². The van der Waals surface area contributed by atoms with Crippen molar-refractivity contribution in [2.24, 2.45) is 0 Å². The highest BCUT2D eigenvalue weighted by molar-refractivity contribution is 5.69. The van der Waals surface area contributed by atoms with E-state index in [1.807, 2.05) is 18.2 Å².